The van der Waals surface area contributed by atoms with Crippen LogP contribution in [0.5, 0.6) is 0 Å². The Hall–Kier alpha value is -2.15. The molecule has 0 aliphatic rings. The number of nitrogens with one attached hydrogen (secondary N) is 1. The number of pyridine rings is 1. The van der Waals surface area contributed by atoms with Crippen molar-refractivity contribution in [2.75, 3.05) is 16.8 Å². The fourth-order valence-electron chi connectivity index (χ4n) is 1.42. The van der Waals surface area contributed by atoms with E-state index in [9.17, 15) is 13.6 Å². The number of carbonyl (C=O) groups excluding carboxylic acids is 1. The number of carbonyl (C=O) groups is 1. The molecule has 1 aromatic carbocycles. The number of aromatic nitrogens is 1. The molecule has 0 fully saturated rings. The van der Waals surface area contributed by atoms with E-state index in [4.69, 9.17) is 5.73 Å². The van der Waals surface area contributed by atoms with Crippen LogP contribution in [0.25, 0.3) is 0 Å². The molecular formula is C13H11F2N3OS. The van der Waals surface area contributed by atoms with E-state index in [-0.39, 0.29) is 5.75 Å². The van der Waals surface area contributed by atoms with Gasteiger partial charge in [-0.05, 0) is 24.3 Å². The standard InChI is InChI=1S/C13H11F2N3OS/c14-9-2-1-3-10(15)13(9)18-12(19)7-20-8-4-5-11(16)17-6-8/h1-6H,7H2,(H2,16,17)(H,18,19). The molecule has 0 saturated carbocycles. The van der Waals surface area contributed by atoms with Gasteiger partial charge in [0.15, 0.2) is 0 Å². The first kappa shape index (κ1) is 14.3. The number of para-hydroxylation sites is 1. The van der Waals surface area contributed by atoms with Crippen molar-refractivity contribution in [3.05, 3.63) is 48.2 Å². The number of hydrogen-bond donors (Lipinski definition) is 2. The molecule has 0 saturated heterocycles. The highest BCUT2D eigenvalue weighted by molar-refractivity contribution is 8.00. The van der Waals surface area contributed by atoms with Crippen molar-refractivity contribution in [2.45, 2.75) is 4.90 Å². The third-order valence-electron chi connectivity index (χ3n) is 2.36. The zero-order valence-corrected chi connectivity index (χ0v) is 11.1. The van der Waals surface area contributed by atoms with Gasteiger partial charge < -0.3 is 11.1 Å². The summed E-state index contributed by atoms with van der Waals surface area (Å²) >= 11 is 1.19. The van der Waals surface area contributed by atoms with Crippen molar-refractivity contribution in [1.82, 2.24) is 4.98 Å². The number of anilines is 2. The largest absolute Gasteiger partial charge is 0.384 e. The number of halogens is 2. The van der Waals surface area contributed by atoms with E-state index in [1.807, 2.05) is 0 Å². The van der Waals surface area contributed by atoms with E-state index in [1.165, 1.54) is 24.0 Å². The Balaban J connectivity index is 1.94. The third kappa shape index (κ3) is 3.67. The third-order valence-corrected chi connectivity index (χ3v) is 3.34. The molecule has 20 heavy (non-hydrogen) atoms. The molecule has 0 atom stereocenters. The van der Waals surface area contributed by atoms with E-state index in [0.29, 0.717) is 5.82 Å². The van der Waals surface area contributed by atoms with E-state index < -0.39 is 23.2 Å². The smallest absolute Gasteiger partial charge is 0.234 e. The first-order chi connectivity index (χ1) is 9.56. The van der Waals surface area contributed by atoms with Crippen LogP contribution in [0.4, 0.5) is 20.3 Å². The van der Waals surface area contributed by atoms with Crippen molar-refractivity contribution in [2.24, 2.45) is 0 Å². The number of rotatable bonds is 4. The molecule has 1 heterocycles. The predicted molar refractivity (Wildman–Crippen MR) is 74.4 cm³/mol. The van der Waals surface area contributed by atoms with E-state index in [0.717, 1.165) is 17.0 Å². The molecule has 0 radical (unpaired) electrons. The van der Waals surface area contributed by atoms with Gasteiger partial charge in [0.2, 0.25) is 5.91 Å². The lowest BCUT2D eigenvalue weighted by Crippen LogP contribution is -2.16. The average Bonchev–Trinajstić information content (AvgIpc) is 2.42. The van der Waals surface area contributed by atoms with Gasteiger partial charge in [0.25, 0.3) is 0 Å². The van der Waals surface area contributed by atoms with Gasteiger partial charge in [-0.3, -0.25) is 4.79 Å². The Kier molecular flexibility index (Phi) is 4.52. The lowest BCUT2D eigenvalue weighted by atomic mass is 10.3. The van der Waals surface area contributed by atoms with Crippen LogP contribution in [-0.2, 0) is 4.79 Å². The number of benzene rings is 1. The predicted octanol–water partition coefficient (Wildman–Crippen LogP) is 2.67. The number of nitrogen functional groups attached to an aromatic ring is 1. The van der Waals surface area contributed by atoms with Crippen molar-refractivity contribution >= 4 is 29.2 Å². The zero-order chi connectivity index (χ0) is 14.5. The van der Waals surface area contributed by atoms with Gasteiger partial charge in [-0.2, -0.15) is 0 Å². The minimum absolute atomic E-state index is 0.0133. The first-order valence-corrected chi connectivity index (χ1v) is 6.63. The Bertz CT molecular complexity index is 599. The molecule has 2 rings (SSSR count). The number of amides is 1. The van der Waals surface area contributed by atoms with Gasteiger partial charge >= 0.3 is 0 Å². The van der Waals surface area contributed by atoms with Crippen LogP contribution >= 0.6 is 11.8 Å². The molecule has 4 nitrogen and oxygen atoms in total. The second-order valence-electron chi connectivity index (χ2n) is 3.85. The van der Waals surface area contributed by atoms with E-state index in [1.54, 1.807) is 12.1 Å². The highest BCUT2D eigenvalue weighted by atomic mass is 32.2. The summed E-state index contributed by atoms with van der Waals surface area (Å²) in [6.45, 7) is 0. The van der Waals surface area contributed by atoms with E-state index >= 15 is 0 Å². The average molecular weight is 295 g/mol. The van der Waals surface area contributed by atoms with Crippen LogP contribution in [0.15, 0.2) is 41.4 Å². The van der Waals surface area contributed by atoms with Crippen molar-refractivity contribution in [3.63, 3.8) is 0 Å². The Labute approximate surface area is 118 Å². The van der Waals surface area contributed by atoms with Gasteiger partial charge in [-0.25, -0.2) is 13.8 Å². The summed E-state index contributed by atoms with van der Waals surface area (Å²) in [5.41, 5.74) is 5.00. The summed E-state index contributed by atoms with van der Waals surface area (Å²) in [6, 6.07) is 6.71. The normalized spacial score (nSPS) is 10.3. The van der Waals surface area contributed by atoms with Crippen molar-refractivity contribution in [3.8, 4) is 0 Å². The summed E-state index contributed by atoms with van der Waals surface area (Å²) in [6.07, 6.45) is 1.52. The maximum absolute atomic E-state index is 13.3. The minimum atomic E-state index is -0.808. The molecule has 2 aromatic rings. The Morgan fingerprint density at radius 1 is 1.25 bits per heavy atom. The van der Waals surface area contributed by atoms with Crippen molar-refractivity contribution in [1.29, 1.82) is 0 Å². The fraction of sp³-hybridized carbons (Fsp3) is 0.0769. The minimum Gasteiger partial charge on any atom is -0.384 e. The molecule has 1 amide bonds. The molecule has 0 unspecified atom stereocenters. The zero-order valence-electron chi connectivity index (χ0n) is 10.3. The van der Waals surface area contributed by atoms with Crippen LogP contribution in [-0.4, -0.2) is 16.6 Å². The molecule has 3 N–H and O–H groups in total. The lowest BCUT2D eigenvalue weighted by molar-refractivity contribution is -0.113. The van der Waals surface area contributed by atoms with Gasteiger partial charge in [0, 0.05) is 11.1 Å². The number of nitrogens with zero attached hydrogens (tertiary/aromatic N) is 1. The summed E-state index contributed by atoms with van der Waals surface area (Å²) in [5.74, 6) is -1.72. The first-order valence-electron chi connectivity index (χ1n) is 5.64. The monoisotopic (exact) mass is 295 g/mol. The lowest BCUT2D eigenvalue weighted by Gasteiger charge is -2.07. The Morgan fingerprint density at radius 2 is 1.95 bits per heavy atom. The number of hydrogen-bond acceptors (Lipinski definition) is 4. The van der Waals surface area contributed by atoms with Crippen LogP contribution in [0.1, 0.15) is 0 Å². The summed E-state index contributed by atoms with van der Waals surface area (Å²) in [5, 5.41) is 2.21. The van der Waals surface area contributed by atoms with Crippen LogP contribution < -0.4 is 11.1 Å². The van der Waals surface area contributed by atoms with Gasteiger partial charge in [-0.1, -0.05) is 6.07 Å². The van der Waals surface area contributed by atoms with Gasteiger partial charge in [-0.15, -0.1) is 11.8 Å². The van der Waals surface area contributed by atoms with Gasteiger partial charge in [0.05, 0.1) is 5.75 Å². The summed E-state index contributed by atoms with van der Waals surface area (Å²) in [4.78, 5) is 16.3. The SMILES string of the molecule is Nc1ccc(SCC(=O)Nc2c(F)cccc2F)cn1. The highest BCUT2D eigenvalue weighted by Gasteiger charge is 2.12. The van der Waals surface area contributed by atoms with E-state index in [2.05, 4.69) is 10.3 Å². The topological polar surface area (TPSA) is 68.0 Å². The second-order valence-corrected chi connectivity index (χ2v) is 4.90. The second kappa shape index (κ2) is 6.33. The summed E-state index contributed by atoms with van der Waals surface area (Å²) in [7, 11) is 0. The summed E-state index contributed by atoms with van der Waals surface area (Å²) < 4.78 is 26.7. The molecule has 7 heteroatoms. The quantitative estimate of drug-likeness (QED) is 0.851. The number of nitrogens with two attached hydrogens (primary N) is 1. The maximum atomic E-state index is 13.3. The van der Waals surface area contributed by atoms with Gasteiger partial charge in [0.1, 0.15) is 23.1 Å². The van der Waals surface area contributed by atoms with Crippen molar-refractivity contribution < 1.29 is 13.6 Å². The molecule has 0 spiro atoms. The molecule has 0 bridgehead atoms. The molecule has 104 valence electrons. The molecule has 1 aromatic heterocycles. The highest BCUT2D eigenvalue weighted by Crippen LogP contribution is 2.20. The van der Waals surface area contributed by atoms with Crippen LogP contribution in [0, 0.1) is 11.6 Å². The van der Waals surface area contributed by atoms with Crippen LogP contribution in [0.2, 0.25) is 0 Å². The molecule has 0 aliphatic carbocycles. The molecular weight excluding hydrogens is 284 g/mol. The molecule has 0 aliphatic heterocycles. The Morgan fingerprint density at radius 3 is 2.55 bits per heavy atom. The number of thioether (sulfide) groups is 1. The van der Waals surface area contributed by atoms with Crippen LogP contribution in [0.3, 0.4) is 0 Å². The fourth-order valence-corrected chi connectivity index (χ4v) is 2.08. The maximum Gasteiger partial charge on any atom is 0.234 e.